The van der Waals surface area contributed by atoms with Crippen molar-refractivity contribution in [1.82, 2.24) is 0 Å². The van der Waals surface area contributed by atoms with Crippen LogP contribution in [0.15, 0.2) is 47.4 Å². The second-order valence-corrected chi connectivity index (χ2v) is 5.89. The summed E-state index contributed by atoms with van der Waals surface area (Å²) in [5.74, 6) is -0.561. The van der Waals surface area contributed by atoms with E-state index in [1.807, 2.05) is 0 Å². The highest BCUT2D eigenvalue weighted by Crippen LogP contribution is 2.24. The van der Waals surface area contributed by atoms with E-state index in [1.165, 1.54) is 19.2 Å². The number of benzene rings is 2. The summed E-state index contributed by atoms with van der Waals surface area (Å²) in [6, 6.07) is 8.38. The van der Waals surface area contributed by atoms with Crippen molar-refractivity contribution < 1.29 is 22.5 Å². The number of nitrogens with zero attached hydrogens (tertiary/aromatic N) is 1. The van der Waals surface area contributed by atoms with E-state index in [0.29, 0.717) is 11.8 Å². The van der Waals surface area contributed by atoms with Gasteiger partial charge in [0.2, 0.25) is 5.82 Å². The highest BCUT2D eigenvalue weighted by molar-refractivity contribution is 7.92. The molecule has 2 aromatic rings. The SMILES string of the molecule is COc1ccc(NS(=O)(=O)c2ccc(F)c([N+](=O)[O-])c2)cc1. The molecule has 0 radical (unpaired) electrons. The van der Waals surface area contributed by atoms with Gasteiger partial charge in [0.05, 0.1) is 16.9 Å². The molecular formula is C13H11FN2O5S. The Labute approximate surface area is 125 Å². The van der Waals surface area contributed by atoms with Crippen LogP contribution in [-0.4, -0.2) is 20.5 Å². The summed E-state index contributed by atoms with van der Waals surface area (Å²) in [5.41, 5.74) is -0.662. The molecule has 2 rings (SSSR count). The van der Waals surface area contributed by atoms with E-state index in [-0.39, 0.29) is 5.69 Å². The van der Waals surface area contributed by atoms with E-state index in [2.05, 4.69) is 4.72 Å². The van der Waals surface area contributed by atoms with Gasteiger partial charge in [-0.05, 0) is 36.4 Å². The van der Waals surface area contributed by atoms with Gasteiger partial charge in [0.15, 0.2) is 0 Å². The topological polar surface area (TPSA) is 98.5 Å². The predicted octanol–water partition coefficient (Wildman–Crippen LogP) is 2.54. The molecule has 0 atom stereocenters. The van der Waals surface area contributed by atoms with Crippen LogP contribution in [0.25, 0.3) is 0 Å². The molecule has 0 amide bonds. The van der Waals surface area contributed by atoms with Gasteiger partial charge in [-0.2, -0.15) is 4.39 Å². The number of rotatable bonds is 5. The van der Waals surface area contributed by atoms with Crippen molar-refractivity contribution in [3.05, 3.63) is 58.4 Å². The monoisotopic (exact) mass is 326 g/mol. The second kappa shape index (κ2) is 5.98. The molecule has 7 nitrogen and oxygen atoms in total. The largest absolute Gasteiger partial charge is 0.497 e. The highest BCUT2D eigenvalue weighted by Gasteiger charge is 2.21. The summed E-state index contributed by atoms with van der Waals surface area (Å²) in [6.07, 6.45) is 0. The fourth-order valence-electron chi connectivity index (χ4n) is 1.67. The molecule has 1 N–H and O–H groups in total. The van der Waals surface area contributed by atoms with Crippen LogP contribution in [0.4, 0.5) is 15.8 Å². The summed E-state index contributed by atoms with van der Waals surface area (Å²) in [7, 11) is -2.60. The van der Waals surface area contributed by atoms with E-state index in [1.54, 1.807) is 12.1 Å². The van der Waals surface area contributed by atoms with Gasteiger partial charge in [-0.15, -0.1) is 0 Å². The maximum Gasteiger partial charge on any atom is 0.306 e. The molecule has 0 aliphatic rings. The van der Waals surface area contributed by atoms with Gasteiger partial charge in [0.1, 0.15) is 5.75 Å². The predicted molar refractivity (Wildman–Crippen MR) is 76.9 cm³/mol. The summed E-state index contributed by atoms with van der Waals surface area (Å²) in [4.78, 5) is 9.28. The summed E-state index contributed by atoms with van der Waals surface area (Å²) in [5, 5.41) is 10.7. The Kier molecular flexibility index (Phi) is 4.27. The molecule has 0 spiro atoms. The van der Waals surface area contributed by atoms with Gasteiger partial charge in [0, 0.05) is 11.8 Å². The lowest BCUT2D eigenvalue weighted by atomic mass is 10.3. The zero-order chi connectivity index (χ0) is 16.3. The molecule has 9 heteroatoms. The molecule has 0 fully saturated rings. The zero-order valence-electron chi connectivity index (χ0n) is 11.3. The first-order chi connectivity index (χ1) is 10.3. The number of methoxy groups -OCH3 is 1. The Morgan fingerprint density at radius 2 is 1.82 bits per heavy atom. The van der Waals surface area contributed by atoms with E-state index in [0.717, 1.165) is 12.1 Å². The van der Waals surface area contributed by atoms with Crippen LogP contribution in [0, 0.1) is 15.9 Å². The maximum atomic E-state index is 13.2. The molecule has 0 unspecified atom stereocenters. The minimum absolute atomic E-state index is 0.243. The first-order valence-corrected chi connectivity index (χ1v) is 7.42. The number of nitrogens with one attached hydrogen (secondary N) is 1. The summed E-state index contributed by atoms with van der Waals surface area (Å²) >= 11 is 0. The molecule has 0 saturated heterocycles. The molecule has 0 aromatic heterocycles. The number of sulfonamides is 1. The van der Waals surface area contributed by atoms with E-state index < -0.39 is 31.3 Å². The number of nitro groups is 1. The molecule has 0 heterocycles. The first-order valence-electron chi connectivity index (χ1n) is 5.94. The Morgan fingerprint density at radius 1 is 1.18 bits per heavy atom. The van der Waals surface area contributed by atoms with Crippen molar-refractivity contribution in [2.75, 3.05) is 11.8 Å². The minimum Gasteiger partial charge on any atom is -0.497 e. The molecule has 2 aromatic carbocycles. The van der Waals surface area contributed by atoms with Gasteiger partial charge in [-0.1, -0.05) is 0 Å². The van der Waals surface area contributed by atoms with Crippen molar-refractivity contribution in [1.29, 1.82) is 0 Å². The van der Waals surface area contributed by atoms with Crippen molar-refractivity contribution in [2.24, 2.45) is 0 Å². The third kappa shape index (κ3) is 3.31. The van der Waals surface area contributed by atoms with Gasteiger partial charge < -0.3 is 4.74 Å². The van der Waals surface area contributed by atoms with Crippen LogP contribution in [-0.2, 0) is 10.0 Å². The Bertz CT molecular complexity index is 806. The Hall–Kier alpha value is -2.68. The first kappa shape index (κ1) is 15.7. The smallest absolute Gasteiger partial charge is 0.306 e. The van der Waals surface area contributed by atoms with E-state index in [9.17, 15) is 22.9 Å². The standard InChI is InChI=1S/C13H11FN2O5S/c1-21-10-4-2-9(3-5-10)15-22(19,20)11-6-7-12(14)13(8-11)16(17)18/h2-8,15H,1H3. The van der Waals surface area contributed by atoms with Crippen LogP contribution in [0.5, 0.6) is 5.75 Å². The number of nitro benzene ring substituents is 1. The Balaban J connectivity index is 2.33. The molecule has 0 bridgehead atoms. The van der Waals surface area contributed by atoms with Crippen molar-refractivity contribution in [3.63, 3.8) is 0 Å². The van der Waals surface area contributed by atoms with Crippen LogP contribution in [0.2, 0.25) is 0 Å². The summed E-state index contributed by atoms with van der Waals surface area (Å²) in [6.45, 7) is 0. The third-order valence-electron chi connectivity index (χ3n) is 2.77. The highest BCUT2D eigenvalue weighted by atomic mass is 32.2. The summed E-state index contributed by atoms with van der Waals surface area (Å²) < 4.78 is 44.7. The minimum atomic E-state index is -4.07. The average molecular weight is 326 g/mol. The van der Waals surface area contributed by atoms with Gasteiger partial charge in [0.25, 0.3) is 10.0 Å². The van der Waals surface area contributed by atoms with Gasteiger partial charge >= 0.3 is 5.69 Å². The molecule has 0 aliphatic heterocycles. The number of anilines is 1. The quantitative estimate of drug-likeness (QED) is 0.672. The number of hydrogen-bond acceptors (Lipinski definition) is 5. The third-order valence-corrected chi connectivity index (χ3v) is 4.15. The lowest BCUT2D eigenvalue weighted by Crippen LogP contribution is -2.13. The number of hydrogen-bond donors (Lipinski definition) is 1. The van der Waals surface area contributed by atoms with Crippen molar-refractivity contribution >= 4 is 21.4 Å². The fraction of sp³-hybridized carbons (Fsp3) is 0.0769. The normalized spacial score (nSPS) is 11.0. The van der Waals surface area contributed by atoms with E-state index >= 15 is 0 Å². The van der Waals surface area contributed by atoms with Gasteiger partial charge in [-0.3, -0.25) is 14.8 Å². The molecular weight excluding hydrogens is 315 g/mol. The van der Waals surface area contributed by atoms with Gasteiger partial charge in [-0.25, -0.2) is 8.42 Å². The zero-order valence-corrected chi connectivity index (χ0v) is 12.1. The molecule has 0 aliphatic carbocycles. The van der Waals surface area contributed by atoms with Crippen LogP contribution >= 0.6 is 0 Å². The number of halogens is 1. The Morgan fingerprint density at radius 3 is 2.36 bits per heavy atom. The lowest BCUT2D eigenvalue weighted by Gasteiger charge is -2.08. The van der Waals surface area contributed by atoms with Crippen molar-refractivity contribution in [2.45, 2.75) is 4.90 Å². The average Bonchev–Trinajstić information content (AvgIpc) is 2.47. The molecule has 116 valence electrons. The molecule has 22 heavy (non-hydrogen) atoms. The second-order valence-electron chi connectivity index (χ2n) is 4.20. The molecule has 0 saturated carbocycles. The maximum absolute atomic E-state index is 13.2. The van der Waals surface area contributed by atoms with Crippen LogP contribution in [0.1, 0.15) is 0 Å². The fourth-order valence-corrected chi connectivity index (χ4v) is 2.75. The van der Waals surface area contributed by atoms with Crippen LogP contribution < -0.4 is 9.46 Å². The van der Waals surface area contributed by atoms with E-state index in [4.69, 9.17) is 4.74 Å². The van der Waals surface area contributed by atoms with Crippen LogP contribution in [0.3, 0.4) is 0 Å². The lowest BCUT2D eigenvalue weighted by molar-refractivity contribution is -0.387. The van der Waals surface area contributed by atoms with Crippen molar-refractivity contribution in [3.8, 4) is 5.75 Å². The number of ether oxygens (including phenoxy) is 1.